The van der Waals surface area contributed by atoms with Gasteiger partial charge in [0.2, 0.25) is 5.91 Å². The van der Waals surface area contributed by atoms with Crippen molar-refractivity contribution in [1.82, 2.24) is 14.8 Å². The molecule has 0 aliphatic heterocycles. The number of nitrogens with zero attached hydrogens (tertiary/aromatic N) is 3. The van der Waals surface area contributed by atoms with Crippen LogP contribution in [-0.4, -0.2) is 27.3 Å². The van der Waals surface area contributed by atoms with Crippen LogP contribution in [0.2, 0.25) is 0 Å². The molecule has 2 aromatic heterocycles. The second-order valence-corrected chi connectivity index (χ2v) is 7.19. The molecule has 1 N–H and O–H groups in total. The number of anilines is 1. The van der Waals surface area contributed by atoms with E-state index in [0.717, 1.165) is 33.7 Å². The van der Waals surface area contributed by atoms with Gasteiger partial charge >= 0.3 is 0 Å². The molecule has 4 rings (SSSR count). The van der Waals surface area contributed by atoms with E-state index in [9.17, 15) is 4.79 Å². The Kier molecular flexibility index (Phi) is 5.75. The monoisotopic (exact) mass is 400 g/mol. The predicted molar refractivity (Wildman–Crippen MR) is 118 cm³/mol. The van der Waals surface area contributed by atoms with Crippen LogP contribution in [0.15, 0.2) is 66.9 Å². The van der Waals surface area contributed by atoms with Crippen molar-refractivity contribution in [2.75, 3.05) is 11.9 Å². The number of nitrogens with one attached hydrogen (secondary N) is 1. The minimum atomic E-state index is -0.0577. The summed E-state index contributed by atoms with van der Waals surface area (Å²) in [6.07, 6.45) is 2.69. The van der Waals surface area contributed by atoms with Gasteiger partial charge in [-0.3, -0.25) is 4.79 Å². The van der Waals surface area contributed by atoms with Crippen molar-refractivity contribution in [1.29, 1.82) is 0 Å². The number of carbonyl (C=O) groups is 1. The van der Waals surface area contributed by atoms with E-state index in [-0.39, 0.29) is 5.91 Å². The molecule has 152 valence electrons. The predicted octanol–water partition coefficient (Wildman–Crippen LogP) is 4.84. The van der Waals surface area contributed by atoms with Crippen LogP contribution in [0.4, 0.5) is 5.69 Å². The SMILES string of the molecule is Cc1ccccc1OCCCC(=O)Nc1cnc2c(c1)c(C)nn2-c1ccccc1. The molecule has 0 fully saturated rings. The standard InChI is InChI=1S/C24H24N4O2/c1-17-9-6-7-12-22(17)30-14-8-13-23(29)26-19-15-21-18(2)27-28(24(21)25-16-19)20-10-4-3-5-11-20/h3-7,9-12,15-16H,8,13-14H2,1-2H3,(H,26,29). The molecule has 0 bridgehead atoms. The molecule has 2 heterocycles. The number of hydrogen-bond donors (Lipinski definition) is 1. The summed E-state index contributed by atoms with van der Waals surface area (Å²) in [4.78, 5) is 16.9. The van der Waals surface area contributed by atoms with Crippen molar-refractivity contribution in [2.45, 2.75) is 26.7 Å². The van der Waals surface area contributed by atoms with Crippen molar-refractivity contribution in [2.24, 2.45) is 0 Å². The normalized spacial score (nSPS) is 10.9. The summed E-state index contributed by atoms with van der Waals surface area (Å²) in [6, 6.07) is 19.7. The number of fused-ring (bicyclic) bond motifs is 1. The zero-order valence-electron chi connectivity index (χ0n) is 17.1. The van der Waals surface area contributed by atoms with E-state index >= 15 is 0 Å². The van der Waals surface area contributed by atoms with E-state index < -0.39 is 0 Å². The lowest BCUT2D eigenvalue weighted by molar-refractivity contribution is -0.116. The molecule has 0 aliphatic rings. The number of ether oxygens (including phenoxy) is 1. The summed E-state index contributed by atoms with van der Waals surface area (Å²) in [5.41, 5.74) is 4.34. The van der Waals surface area contributed by atoms with Gasteiger partial charge < -0.3 is 10.1 Å². The second kappa shape index (κ2) is 8.78. The molecule has 0 unspecified atom stereocenters. The zero-order valence-corrected chi connectivity index (χ0v) is 17.1. The maximum Gasteiger partial charge on any atom is 0.224 e. The summed E-state index contributed by atoms with van der Waals surface area (Å²) in [5.74, 6) is 0.802. The van der Waals surface area contributed by atoms with Gasteiger partial charge in [0, 0.05) is 11.8 Å². The molecule has 1 amide bonds. The molecule has 0 radical (unpaired) electrons. The van der Waals surface area contributed by atoms with Crippen LogP contribution in [0.25, 0.3) is 16.7 Å². The minimum Gasteiger partial charge on any atom is -0.493 e. The first-order valence-corrected chi connectivity index (χ1v) is 10.0. The first kappa shape index (κ1) is 19.6. The molecule has 30 heavy (non-hydrogen) atoms. The number of amides is 1. The summed E-state index contributed by atoms with van der Waals surface area (Å²) < 4.78 is 7.57. The highest BCUT2D eigenvalue weighted by Crippen LogP contribution is 2.23. The third-order valence-electron chi connectivity index (χ3n) is 4.89. The molecule has 2 aromatic carbocycles. The topological polar surface area (TPSA) is 69.0 Å². The maximum atomic E-state index is 12.3. The third-order valence-corrected chi connectivity index (χ3v) is 4.89. The average molecular weight is 400 g/mol. The van der Waals surface area contributed by atoms with Gasteiger partial charge in [-0.25, -0.2) is 9.67 Å². The van der Waals surface area contributed by atoms with Crippen molar-refractivity contribution in [3.05, 3.63) is 78.1 Å². The van der Waals surface area contributed by atoms with E-state index in [4.69, 9.17) is 4.74 Å². The first-order valence-electron chi connectivity index (χ1n) is 10.0. The number of rotatable bonds is 7. The second-order valence-electron chi connectivity index (χ2n) is 7.19. The highest BCUT2D eigenvalue weighted by Gasteiger charge is 2.12. The summed E-state index contributed by atoms with van der Waals surface area (Å²) in [7, 11) is 0. The van der Waals surface area contributed by atoms with Crippen LogP contribution in [0.5, 0.6) is 5.75 Å². The third kappa shape index (κ3) is 4.33. The van der Waals surface area contributed by atoms with E-state index in [2.05, 4.69) is 15.4 Å². The Hall–Kier alpha value is -3.67. The van der Waals surface area contributed by atoms with Crippen LogP contribution in [0, 0.1) is 13.8 Å². The molecular weight excluding hydrogens is 376 g/mol. The Morgan fingerprint density at radius 1 is 1.07 bits per heavy atom. The lowest BCUT2D eigenvalue weighted by Gasteiger charge is -2.09. The van der Waals surface area contributed by atoms with E-state index in [1.807, 2.05) is 79.2 Å². The van der Waals surface area contributed by atoms with Gasteiger partial charge in [0.05, 0.1) is 29.9 Å². The van der Waals surface area contributed by atoms with Crippen molar-refractivity contribution >= 4 is 22.6 Å². The van der Waals surface area contributed by atoms with Gasteiger partial charge in [-0.2, -0.15) is 5.10 Å². The lowest BCUT2D eigenvalue weighted by Crippen LogP contribution is -2.13. The first-order chi connectivity index (χ1) is 14.6. The number of pyridine rings is 1. The molecular formula is C24H24N4O2. The highest BCUT2D eigenvalue weighted by molar-refractivity contribution is 5.93. The Balaban J connectivity index is 1.37. The lowest BCUT2D eigenvalue weighted by atomic mass is 10.2. The Morgan fingerprint density at radius 3 is 2.63 bits per heavy atom. The molecule has 6 nitrogen and oxygen atoms in total. The van der Waals surface area contributed by atoms with Gasteiger partial charge in [-0.05, 0) is 50.1 Å². The average Bonchev–Trinajstić information content (AvgIpc) is 3.09. The van der Waals surface area contributed by atoms with E-state index in [0.29, 0.717) is 25.1 Å². The van der Waals surface area contributed by atoms with Crippen LogP contribution >= 0.6 is 0 Å². The fourth-order valence-corrected chi connectivity index (χ4v) is 3.32. The zero-order chi connectivity index (χ0) is 20.9. The molecule has 0 saturated carbocycles. The molecule has 0 spiro atoms. The number of carbonyl (C=O) groups excluding carboxylic acids is 1. The molecule has 6 heteroatoms. The Labute approximate surface area is 175 Å². The fourth-order valence-electron chi connectivity index (χ4n) is 3.32. The minimum absolute atomic E-state index is 0.0577. The van der Waals surface area contributed by atoms with Gasteiger partial charge in [0.15, 0.2) is 5.65 Å². The Morgan fingerprint density at radius 2 is 1.83 bits per heavy atom. The summed E-state index contributed by atoms with van der Waals surface area (Å²) >= 11 is 0. The van der Waals surface area contributed by atoms with Gasteiger partial charge in [-0.15, -0.1) is 0 Å². The molecule has 4 aromatic rings. The van der Waals surface area contributed by atoms with Crippen molar-refractivity contribution in [3.63, 3.8) is 0 Å². The van der Waals surface area contributed by atoms with Crippen LogP contribution < -0.4 is 10.1 Å². The van der Waals surface area contributed by atoms with Crippen LogP contribution in [0.3, 0.4) is 0 Å². The highest BCUT2D eigenvalue weighted by atomic mass is 16.5. The van der Waals surface area contributed by atoms with Gasteiger partial charge in [0.1, 0.15) is 5.75 Å². The Bertz CT molecular complexity index is 1170. The van der Waals surface area contributed by atoms with Crippen LogP contribution in [0.1, 0.15) is 24.1 Å². The van der Waals surface area contributed by atoms with Crippen LogP contribution in [-0.2, 0) is 4.79 Å². The van der Waals surface area contributed by atoms with Gasteiger partial charge in [-0.1, -0.05) is 36.4 Å². The molecule has 0 saturated heterocycles. The number of para-hydroxylation sites is 2. The fraction of sp³-hybridized carbons (Fsp3) is 0.208. The van der Waals surface area contributed by atoms with Gasteiger partial charge in [0.25, 0.3) is 0 Å². The number of hydrogen-bond acceptors (Lipinski definition) is 4. The maximum absolute atomic E-state index is 12.3. The smallest absolute Gasteiger partial charge is 0.224 e. The molecule has 0 atom stereocenters. The van der Waals surface area contributed by atoms with Crippen molar-refractivity contribution in [3.8, 4) is 11.4 Å². The summed E-state index contributed by atoms with van der Waals surface area (Å²) in [6.45, 7) is 4.45. The number of aromatic nitrogens is 3. The number of aryl methyl sites for hydroxylation is 2. The van der Waals surface area contributed by atoms with E-state index in [1.165, 1.54) is 0 Å². The number of benzene rings is 2. The molecule has 0 aliphatic carbocycles. The quantitative estimate of drug-likeness (QED) is 0.451. The van der Waals surface area contributed by atoms with Crippen molar-refractivity contribution < 1.29 is 9.53 Å². The largest absolute Gasteiger partial charge is 0.493 e. The van der Waals surface area contributed by atoms with E-state index in [1.54, 1.807) is 6.20 Å². The summed E-state index contributed by atoms with van der Waals surface area (Å²) in [5, 5.41) is 8.44.